The fourth-order valence-electron chi connectivity index (χ4n) is 1.91. The van der Waals surface area contributed by atoms with Crippen LogP contribution in [0.4, 0.5) is 11.6 Å². The lowest BCUT2D eigenvalue weighted by atomic mass is 10.2. The van der Waals surface area contributed by atoms with E-state index in [4.69, 9.17) is 4.74 Å². The molecule has 21 heavy (non-hydrogen) atoms. The molecule has 1 N–H and O–H groups in total. The van der Waals surface area contributed by atoms with Crippen LogP contribution in [-0.4, -0.2) is 48.7 Å². The molecule has 0 aliphatic carbocycles. The maximum Gasteiger partial charge on any atom is 0.158 e. The molecule has 1 atom stereocenters. The van der Waals surface area contributed by atoms with Gasteiger partial charge in [-0.15, -0.1) is 0 Å². The van der Waals surface area contributed by atoms with Gasteiger partial charge in [-0.1, -0.05) is 6.92 Å². The van der Waals surface area contributed by atoms with Crippen molar-refractivity contribution in [3.8, 4) is 0 Å². The van der Waals surface area contributed by atoms with Gasteiger partial charge in [0, 0.05) is 32.8 Å². The maximum atomic E-state index is 5.17. The van der Waals surface area contributed by atoms with E-state index in [1.54, 1.807) is 7.11 Å². The molecule has 6 heteroatoms. The van der Waals surface area contributed by atoms with E-state index in [1.807, 2.05) is 17.8 Å². The molecule has 0 bridgehead atoms. The number of anilines is 2. The molecular weight excluding hydrogens is 284 g/mol. The quantitative estimate of drug-likeness (QED) is 0.717. The van der Waals surface area contributed by atoms with Crippen molar-refractivity contribution in [2.75, 3.05) is 42.9 Å². The lowest BCUT2D eigenvalue weighted by Crippen LogP contribution is -2.30. The fourth-order valence-corrected chi connectivity index (χ4v) is 2.49. The van der Waals surface area contributed by atoms with Crippen LogP contribution >= 0.6 is 11.8 Å². The van der Waals surface area contributed by atoms with Gasteiger partial charge in [0.15, 0.2) is 5.82 Å². The molecule has 1 unspecified atom stereocenters. The van der Waals surface area contributed by atoms with Crippen LogP contribution in [0.25, 0.3) is 0 Å². The first-order valence-electron chi connectivity index (χ1n) is 7.44. The van der Waals surface area contributed by atoms with Crippen molar-refractivity contribution in [3.05, 3.63) is 11.9 Å². The number of aromatic nitrogens is 2. The van der Waals surface area contributed by atoms with Crippen molar-refractivity contribution < 1.29 is 4.74 Å². The predicted octanol–water partition coefficient (Wildman–Crippen LogP) is 3.02. The van der Waals surface area contributed by atoms with Gasteiger partial charge in [-0.25, -0.2) is 9.97 Å². The lowest BCUT2D eigenvalue weighted by molar-refractivity contribution is 0.178. The van der Waals surface area contributed by atoms with E-state index in [0.717, 1.165) is 42.6 Å². The van der Waals surface area contributed by atoms with E-state index in [-0.39, 0.29) is 0 Å². The molecule has 5 nitrogen and oxygen atoms in total. The van der Waals surface area contributed by atoms with Crippen LogP contribution in [0.15, 0.2) is 6.07 Å². The van der Waals surface area contributed by atoms with Gasteiger partial charge < -0.3 is 15.0 Å². The summed E-state index contributed by atoms with van der Waals surface area (Å²) in [4.78, 5) is 11.3. The van der Waals surface area contributed by atoms with Crippen LogP contribution in [-0.2, 0) is 11.3 Å². The van der Waals surface area contributed by atoms with Crippen LogP contribution < -0.4 is 10.2 Å². The molecule has 0 saturated heterocycles. The Morgan fingerprint density at radius 3 is 2.81 bits per heavy atom. The average molecular weight is 312 g/mol. The largest absolute Gasteiger partial charge is 0.377 e. The lowest BCUT2D eigenvalue weighted by Gasteiger charge is -2.26. The smallest absolute Gasteiger partial charge is 0.158 e. The predicted molar refractivity (Wildman–Crippen MR) is 92.4 cm³/mol. The molecule has 1 rings (SSSR count). The summed E-state index contributed by atoms with van der Waals surface area (Å²) in [6, 6.07) is 2.46. The van der Waals surface area contributed by atoms with E-state index in [0.29, 0.717) is 12.6 Å². The monoisotopic (exact) mass is 312 g/mol. The van der Waals surface area contributed by atoms with Gasteiger partial charge in [0.05, 0.1) is 0 Å². The summed E-state index contributed by atoms with van der Waals surface area (Å²) in [6.07, 6.45) is 4.35. The molecule has 0 aliphatic heterocycles. The highest BCUT2D eigenvalue weighted by atomic mass is 32.2. The number of nitrogens with one attached hydrogen (secondary N) is 1. The number of thioether (sulfide) groups is 1. The molecule has 0 radical (unpaired) electrons. The Labute approximate surface area is 132 Å². The summed E-state index contributed by atoms with van der Waals surface area (Å²) in [5.41, 5.74) is 0. The molecule has 1 aromatic rings. The molecule has 0 aliphatic rings. The summed E-state index contributed by atoms with van der Waals surface area (Å²) < 4.78 is 5.17. The van der Waals surface area contributed by atoms with E-state index in [9.17, 15) is 0 Å². The molecular formula is C15H28N4OS. The molecule has 120 valence electrons. The van der Waals surface area contributed by atoms with E-state index in [2.05, 4.69) is 47.3 Å². The van der Waals surface area contributed by atoms with Crippen LogP contribution in [0, 0.1) is 0 Å². The van der Waals surface area contributed by atoms with Crippen molar-refractivity contribution in [1.29, 1.82) is 0 Å². The molecule has 0 fully saturated rings. The first-order valence-corrected chi connectivity index (χ1v) is 8.84. The zero-order valence-electron chi connectivity index (χ0n) is 13.8. The number of hydrogen-bond acceptors (Lipinski definition) is 6. The number of rotatable bonds is 10. The average Bonchev–Trinajstić information content (AvgIpc) is 2.49. The third-order valence-corrected chi connectivity index (χ3v) is 3.99. The van der Waals surface area contributed by atoms with E-state index >= 15 is 0 Å². The Kier molecular flexibility index (Phi) is 8.45. The second kappa shape index (κ2) is 9.84. The van der Waals surface area contributed by atoms with Gasteiger partial charge in [0.2, 0.25) is 0 Å². The van der Waals surface area contributed by atoms with Crippen LogP contribution in [0.1, 0.15) is 32.5 Å². The van der Waals surface area contributed by atoms with Crippen LogP contribution in [0.2, 0.25) is 0 Å². The van der Waals surface area contributed by atoms with Crippen LogP contribution in [0.5, 0.6) is 0 Å². The number of hydrogen-bond donors (Lipinski definition) is 1. The fraction of sp³-hybridized carbons (Fsp3) is 0.733. The summed E-state index contributed by atoms with van der Waals surface area (Å²) in [7, 11) is 3.76. The van der Waals surface area contributed by atoms with Crippen molar-refractivity contribution in [2.45, 2.75) is 39.3 Å². The van der Waals surface area contributed by atoms with E-state index < -0.39 is 0 Å². The molecule has 0 spiro atoms. The van der Waals surface area contributed by atoms with Gasteiger partial charge in [-0.3, -0.25) is 0 Å². The van der Waals surface area contributed by atoms with Crippen LogP contribution in [0.3, 0.4) is 0 Å². The first-order chi connectivity index (χ1) is 10.1. The third-order valence-electron chi connectivity index (χ3n) is 3.35. The molecule has 0 saturated carbocycles. The zero-order chi connectivity index (χ0) is 15.7. The van der Waals surface area contributed by atoms with Gasteiger partial charge in [0.1, 0.15) is 18.2 Å². The minimum absolute atomic E-state index is 0.432. The zero-order valence-corrected chi connectivity index (χ0v) is 14.7. The summed E-state index contributed by atoms with van der Waals surface area (Å²) in [5.74, 6) is 3.70. The summed E-state index contributed by atoms with van der Waals surface area (Å²) in [5, 5.41) is 3.33. The molecule has 0 amide bonds. The highest BCUT2D eigenvalue weighted by Gasteiger charge is 2.13. The molecule has 1 heterocycles. The SMILES string of the molecule is CCCNc1cc(N(C)C(C)CCSC)nc(COC)n1. The Morgan fingerprint density at radius 1 is 1.43 bits per heavy atom. The maximum absolute atomic E-state index is 5.17. The Bertz CT molecular complexity index is 417. The Balaban J connectivity index is 2.89. The molecule has 1 aromatic heterocycles. The minimum Gasteiger partial charge on any atom is -0.377 e. The summed E-state index contributed by atoms with van der Waals surface area (Å²) >= 11 is 1.88. The highest BCUT2D eigenvalue weighted by Crippen LogP contribution is 2.19. The topological polar surface area (TPSA) is 50.3 Å². The van der Waals surface area contributed by atoms with Crippen molar-refractivity contribution in [3.63, 3.8) is 0 Å². The number of nitrogens with zero attached hydrogens (tertiary/aromatic N) is 3. The first kappa shape index (κ1) is 18.0. The third kappa shape index (κ3) is 6.09. The number of ether oxygens (including phenoxy) is 1. The molecule has 0 aromatic carbocycles. The minimum atomic E-state index is 0.432. The van der Waals surface area contributed by atoms with Crippen molar-refractivity contribution in [1.82, 2.24) is 9.97 Å². The Morgan fingerprint density at radius 2 is 2.19 bits per heavy atom. The van der Waals surface area contributed by atoms with Gasteiger partial charge in [-0.2, -0.15) is 11.8 Å². The standard InChI is InChI=1S/C15H28N4OS/c1-6-8-16-13-10-15(18-14(17-13)11-20-4)19(3)12(2)7-9-21-5/h10,12H,6-9,11H2,1-5H3,(H,16,17,18). The normalized spacial score (nSPS) is 12.2. The second-order valence-corrected chi connectivity index (χ2v) is 6.11. The highest BCUT2D eigenvalue weighted by molar-refractivity contribution is 7.98. The van der Waals surface area contributed by atoms with Gasteiger partial charge in [0.25, 0.3) is 0 Å². The van der Waals surface area contributed by atoms with Gasteiger partial charge in [-0.05, 0) is 31.8 Å². The van der Waals surface area contributed by atoms with Gasteiger partial charge >= 0.3 is 0 Å². The second-order valence-electron chi connectivity index (χ2n) is 5.13. The summed E-state index contributed by atoms with van der Waals surface area (Å²) in [6.45, 7) is 5.71. The van der Waals surface area contributed by atoms with Crippen molar-refractivity contribution in [2.24, 2.45) is 0 Å². The van der Waals surface area contributed by atoms with E-state index in [1.165, 1.54) is 0 Å². The number of methoxy groups -OCH3 is 1. The van der Waals surface area contributed by atoms with Crippen molar-refractivity contribution >= 4 is 23.4 Å². The Hall–Kier alpha value is -1.01.